The van der Waals surface area contributed by atoms with Crippen molar-refractivity contribution in [2.24, 2.45) is 5.92 Å². The van der Waals surface area contributed by atoms with Crippen molar-refractivity contribution in [2.75, 3.05) is 14.2 Å². The zero-order chi connectivity index (χ0) is 19.1. The highest BCUT2D eigenvalue weighted by Crippen LogP contribution is 2.37. The van der Waals surface area contributed by atoms with Gasteiger partial charge in [-0.1, -0.05) is 0 Å². The van der Waals surface area contributed by atoms with Gasteiger partial charge in [-0.15, -0.1) is 0 Å². The van der Waals surface area contributed by atoms with Gasteiger partial charge in [-0.3, -0.25) is 9.59 Å². The molecule has 1 rings (SSSR count). The Bertz CT molecular complexity index is 560. The molecular weight excluding hydrogens is 328 g/mol. The molecule has 0 aromatic heterocycles. The quantitative estimate of drug-likeness (QED) is 0.566. The average Bonchev–Trinajstić information content (AvgIpc) is 2.51. The Morgan fingerprint density at radius 3 is 1.64 bits per heavy atom. The highest BCUT2D eigenvalue weighted by atomic mass is 16.6. The first-order valence-electron chi connectivity index (χ1n) is 8.04. The van der Waals surface area contributed by atoms with Crippen molar-refractivity contribution >= 4 is 11.9 Å². The fraction of sp³-hybridized carbons (Fsp3) is 0.556. The second kappa shape index (κ2) is 9.15. The van der Waals surface area contributed by atoms with E-state index in [9.17, 15) is 14.7 Å². The summed E-state index contributed by atoms with van der Waals surface area (Å²) in [5, 5.41) is 9.97. The summed E-state index contributed by atoms with van der Waals surface area (Å²) in [5.41, 5.74) is 0.568. The third-order valence-corrected chi connectivity index (χ3v) is 3.25. The molecule has 25 heavy (non-hydrogen) atoms. The van der Waals surface area contributed by atoms with Crippen molar-refractivity contribution < 1.29 is 33.6 Å². The number of aromatic hydroxyl groups is 1. The summed E-state index contributed by atoms with van der Waals surface area (Å²) in [7, 11) is 2.80. The van der Waals surface area contributed by atoms with Gasteiger partial charge in [-0.2, -0.15) is 0 Å². The van der Waals surface area contributed by atoms with E-state index >= 15 is 0 Å². The molecule has 0 fully saturated rings. The van der Waals surface area contributed by atoms with Crippen molar-refractivity contribution in [3.8, 4) is 17.2 Å². The first kappa shape index (κ1) is 20.6. The normalized spacial score (nSPS) is 10.9. The number of hydrogen-bond acceptors (Lipinski definition) is 7. The van der Waals surface area contributed by atoms with E-state index in [4.69, 9.17) is 18.9 Å². The van der Waals surface area contributed by atoms with Crippen LogP contribution in [0.25, 0.3) is 0 Å². The van der Waals surface area contributed by atoms with E-state index in [0.29, 0.717) is 5.56 Å². The van der Waals surface area contributed by atoms with E-state index in [1.54, 1.807) is 27.7 Å². The molecule has 0 heterocycles. The van der Waals surface area contributed by atoms with E-state index in [-0.39, 0.29) is 35.9 Å². The summed E-state index contributed by atoms with van der Waals surface area (Å²) >= 11 is 0. The van der Waals surface area contributed by atoms with E-state index in [2.05, 4.69) is 0 Å². The molecule has 1 N–H and O–H groups in total. The van der Waals surface area contributed by atoms with Crippen LogP contribution >= 0.6 is 0 Å². The van der Waals surface area contributed by atoms with Gasteiger partial charge >= 0.3 is 11.9 Å². The molecule has 0 radical (unpaired) electrons. The smallest absolute Gasteiger partial charge is 0.320 e. The lowest BCUT2D eigenvalue weighted by molar-refractivity contribution is -0.166. The molecular formula is C18H26O7. The largest absolute Gasteiger partial charge is 0.502 e. The minimum absolute atomic E-state index is 0.0319. The summed E-state index contributed by atoms with van der Waals surface area (Å²) in [4.78, 5) is 24.6. The average molecular weight is 354 g/mol. The monoisotopic (exact) mass is 354 g/mol. The Morgan fingerprint density at radius 2 is 1.32 bits per heavy atom. The van der Waals surface area contributed by atoms with Gasteiger partial charge in [0.2, 0.25) is 5.75 Å². The molecule has 0 atom stereocenters. The first-order valence-corrected chi connectivity index (χ1v) is 8.04. The Kier molecular flexibility index (Phi) is 7.54. The number of ether oxygens (including phenoxy) is 4. The van der Waals surface area contributed by atoms with Crippen LogP contribution in [-0.4, -0.2) is 43.5 Å². The predicted octanol–water partition coefficient (Wildman–Crippen LogP) is 2.47. The molecule has 7 heteroatoms. The number of carbonyl (C=O) groups is 2. The van der Waals surface area contributed by atoms with Crippen LogP contribution in [0.15, 0.2) is 12.1 Å². The van der Waals surface area contributed by atoms with Gasteiger partial charge in [0, 0.05) is 0 Å². The number of rotatable bonds is 8. The molecule has 0 unspecified atom stereocenters. The van der Waals surface area contributed by atoms with E-state index in [1.165, 1.54) is 26.4 Å². The van der Waals surface area contributed by atoms with E-state index in [0.717, 1.165) is 0 Å². The van der Waals surface area contributed by atoms with Gasteiger partial charge in [0.1, 0.15) is 0 Å². The molecule has 0 aliphatic carbocycles. The summed E-state index contributed by atoms with van der Waals surface area (Å²) in [6.45, 7) is 6.81. The lowest BCUT2D eigenvalue weighted by atomic mass is 9.98. The van der Waals surface area contributed by atoms with Gasteiger partial charge in [-0.25, -0.2) is 0 Å². The summed E-state index contributed by atoms with van der Waals surface area (Å²) in [5.74, 6) is -2.23. The van der Waals surface area contributed by atoms with Gasteiger partial charge < -0.3 is 24.1 Å². The predicted molar refractivity (Wildman–Crippen MR) is 90.9 cm³/mol. The van der Waals surface area contributed by atoms with Crippen LogP contribution in [0.5, 0.6) is 17.2 Å². The molecule has 7 nitrogen and oxygen atoms in total. The van der Waals surface area contributed by atoms with Crippen molar-refractivity contribution in [3.05, 3.63) is 17.7 Å². The van der Waals surface area contributed by atoms with Gasteiger partial charge in [0.15, 0.2) is 17.4 Å². The Balaban J connectivity index is 3.16. The van der Waals surface area contributed by atoms with Crippen LogP contribution < -0.4 is 9.47 Å². The van der Waals surface area contributed by atoms with E-state index in [1.807, 2.05) is 0 Å². The van der Waals surface area contributed by atoms with Crippen LogP contribution in [0, 0.1) is 5.92 Å². The topological polar surface area (TPSA) is 91.3 Å². The molecule has 0 bridgehead atoms. The molecule has 0 aliphatic rings. The first-order chi connectivity index (χ1) is 11.7. The van der Waals surface area contributed by atoms with Crippen LogP contribution in [0.4, 0.5) is 0 Å². The zero-order valence-corrected chi connectivity index (χ0v) is 15.5. The summed E-state index contributed by atoms with van der Waals surface area (Å²) < 4.78 is 20.5. The standard InChI is InChI=1S/C18H26O7/c1-10(2)24-17(20)13(18(21)25-11(3)4)7-12-8-14(22-5)16(19)15(9-12)23-6/h8-11,13,19H,7H2,1-6H3. The number of carbonyl (C=O) groups excluding carboxylic acids is 2. The van der Waals surface area contributed by atoms with Crippen LogP contribution in [0.2, 0.25) is 0 Å². The van der Waals surface area contributed by atoms with Crippen molar-refractivity contribution in [1.29, 1.82) is 0 Å². The molecule has 0 amide bonds. The van der Waals surface area contributed by atoms with Crippen LogP contribution in [0.1, 0.15) is 33.3 Å². The molecule has 140 valence electrons. The maximum atomic E-state index is 12.3. The summed E-state index contributed by atoms with van der Waals surface area (Å²) in [6, 6.07) is 3.08. The minimum atomic E-state index is -1.12. The van der Waals surface area contributed by atoms with Gasteiger partial charge in [-0.05, 0) is 51.8 Å². The zero-order valence-electron chi connectivity index (χ0n) is 15.5. The van der Waals surface area contributed by atoms with Crippen molar-refractivity contribution in [2.45, 2.75) is 46.3 Å². The molecule has 0 spiro atoms. The molecule has 0 saturated carbocycles. The minimum Gasteiger partial charge on any atom is -0.502 e. The number of hydrogen-bond donors (Lipinski definition) is 1. The number of phenols is 1. The Labute approximate surface area is 147 Å². The fourth-order valence-corrected chi connectivity index (χ4v) is 2.19. The highest BCUT2D eigenvalue weighted by molar-refractivity contribution is 5.95. The molecule has 0 saturated heterocycles. The number of phenolic OH excluding ortho intramolecular Hbond substituents is 1. The lowest BCUT2D eigenvalue weighted by Crippen LogP contribution is -2.32. The third kappa shape index (κ3) is 5.85. The van der Waals surface area contributed by atoms with Gasteiger partial charge in [0.25, 0.3) is 0 Å². The molecule has 1 aromatic rings. The SMILES string of the molecule is COc1cc(CC(C(=O)OC(C)C)C(=O)OC(C)C)cc(OC)c1O. The van der Waals surface area contributed by atoms with Crippen LogP contribution in [-0.2, 0) is 25.5 Å². The highest BCUT2D eigenvalue weighted by Gasteiger charge is 2.32. The lowest BCUT2D eigenvalue weighted by Gasteiger charge is -2.19. The van der Waals surface area contributed by atoms with E-state index < -0.39 is 17.9 Å². The third-order valence-electron chi connectivity index (χ3n) is 3.25. The maximum absolute atomic E-state index is 12.3. The molecule has 1 aromatic carbocycles. The maximum Gasteiger partial charge on any atom is 0.320 e. The van der Waals surface area contributed by atoms with Crippen molar-refractivity contribution in [1.82, 2.24) is 0 Å². The van der Waals surface area contributed by atoms with Crippen molar-refractivity contribution in [3.63, 3.8) is 0 Å². The second-order valence-electron chi connectivity index (χ2n) is 6.08. The van der Waals surface area contributed by atoms with Gasteiger partial charge in [0.05, 0.1) is 26.4 Å². The Morgan fingerprint density at radius 1 is 0.920 bits per heavy atom. The number of methoxy groups -OCH3 is 2. The second-order valence-corrected chi connectivity index (χ2v) is 6.08. The Hall–Kier alpha value is -2.44. The number of benzene rings is 1. The molecule has 0 aliphatic heterocycles. The van der Waals surface area contributed by atoms with Crippen LogP contribution in [0.3, 0.4) is 0 Å². The fourth-order valence-electron chi connectivity index (χ4n) is 2.19. The number of esters is 2. The summed E-state index contributed by atoms with van der Waals surface area (Å²) in [6.07, 6.45) is -0.680.